The van der Waals surface area contributed by atoms with Crippen LogP contribution in [0.25, 0.3) is 0 Å². The molecule has 4 aromatic rings. The molecule has 2 aromatic heterocycles. The van der Waals surface area contributed by atoms with E-state index < -0.39 is 0 Å². The van der Waals surface area contributed by atoms with E-state index in [1.807, 2.05) is 82.6 Å². The molecule has 4 atom stereocenters. The Balaban J connectivity index is 0.000000157. The highest BCUT2D eigenvalue weighted by Crippen LogP contribution is 2.42. The first kappa shape index (κ1) is 34.1. The van der Waals surface area contributed by atoms with Gasteiger partial charge in [0.1, 0.15) is 24.3 Å². The van der Waals surface area contributed by atoms with E-state index in [-0.39, 0.29) is 36.1 Å². The lowest BCUT2D eigenvalue weighted by Crippen LogP contribution is -2.35. The van der Waals surface area contributed by atoms with Crippen LogP contribution in [0, 0.1) is 11.8 Å². The molecule has 2 aliphatic carbocycles. The van der Waals surface area contributed by atoms with Crippen LogP contribution in [0.15, 0.2) is 109 Å². The standard InChI is InChI=1S/2C21H24N2O2/c2*24-19-10-6-14-23(19)20(18-9-4-5-13-22-18)21(25-15-16-11-12-16)17-7-2-1-3-8-17/h2*1-5,7-9,13,16,20-21H,6,10-12,14-15H2/t2*20-,21+/m10/s1. The number of carbonyl (C=O) groups excluding carboxylic acids is 2. The van der Waals surface area contributed by atoms with Gasteiger partial charge in [0.15, 0.2) is 0 Å². The summed E-state index contributed by atoms with van der Waals surface area (Å²) < 4.78 is 12.8. The first-order chi connectivity index (χ1) is 24.7. The predicted molar refractivity (Wildman–Crippen MR) is 192 cm³/mol. The Labute approximate surface area is 295 Å². The molecule has 2 amide bonds. The largest absolute Gasteiger partial charge is 0.371 e. The number of hydrogen-bond donors (Lipinski definition) is 0. The van der Waals surface area contributed by atoms with Gasteiger partial charge in [-0.05, 0) is 85.8 Å². The number of amides is 2. The van der Waals surface area contributed by atoms with Crippen molar-refractivity contribution in [1.29, 1.82) is 0 Å². The zero-order chi connectivity index (χ0) is 34.1. The Kier molecular flexibility index (Phi) is 11.3. The molecule has 2 aliphatic heterocycles. The smallest absolute Gasteiger partial charge is 0.223 e. The minimum atomic E-state index is -0.182. The number of carbonyl (C=O) groups is 2. The second-order valence-electron chi connectivity index (χ2n) is 14.0. The van der Waals surface area contributed by atoms with Gasteiger partial charge in [0.25, 0.3) is 0 Å². The molecule has 2 saturated heterocycles. The summed E-state index contributed by atoms with van der Waals surface area (Å²) in [5.74, 6) is 1.74. The number of benzene rings is 2. The number of rotatable bonds is 14. The maximum absolute atomic E-state index is 12.5. The van der Waals surface area contributed by atoms with Gasteiger partial charge < -0.3 is 19.3 Å². The number of aromatic nitrogens is 2. The number of hydrogen-bond acceptors (Lipinski definition) is 6. The molecule has 0 spiro atoms. The fraction of sp³-hybridized carbons (Fsp3) is 0.429. The van der Waals surface area contributed by atoms with E-state index in [2.05, 4.69) is 34.2 Å². The summed E-state index contributed by atoms with van der Waals surface area (Å²) in [6.45, 7) is 3.06. The van der Waals surface area contributed by atoms with Crippen molar-refractivity contribution in [3.05, 3.63) is 132 Å². The maximum Gasteiger partial charge on any atom is 0.223 e. The number of pyridine rings is 2. The molecule has 0 N–H and O–H groups in total. The SMILES string of the molecule is O=C1CCCN1[C@@H](c1ccccn1)[C@H](OCC1CC1)c1ccccc1.O=C1CCCN1[C@H](c1ccccn1)[C@@H](OCC1CC1)c1ccccc1. The van der Waals surface area contributed by atoms with Crippen LogP contribution in [0.5, 0.6) is 0 Å². The van der Waals surface area contributed by atoms with Crippen molar-refractivity contribution < 1.29 is 19.1 Å². The third-order valence-electron chi connectivity index (χ3n) is 10.1. The summed E-state index contributed by atoms with van der Waals surface area (Å²) in [5.41, 5.74) is 4.03. The van der Waals surface area contributed by atoms with Gasteiger partial charge in [0.2, 0.25) is 11.8 Å². The van der Waals surface area contributed by atoms with E-state index in [9.17, 15) is 9.59 Å². The van der Waals surface area contributed by atoms with Gasteiger partial charge in [0.05, 0.1) is 24.6 Å². The molecule has 0 bridgehead atoms. The zero-order valence-electron chi connectivity index (χ0n) is 28.8. The summed E-state index contributed by atoms with van der Waals surface area (Å²) in [6, 6.07) is 32.0. The van der Waals surface area contributed by atoms with Gasteiger partial charge in [-0.25, -0.2) is 0 Å². The summed E-state index contributed by atoms with van der Waals surface area (Å²) >= 11 is 0. The fourth-order valence-electron chi connectivity index (χ4n) is 7.06. The molecule has 260 valence electrons. The van der Waals surface area contributed by atoms with Crippen LogP contribution in [0.3, 0.4) is 0 Å². The Morgan fingerprint density at radius 1 is 0.560 bits per heavy atom. The quantitative estimate of drug-likeness (QED) is 0.136. The lowest BCUT2D eigenvalue weighted by molar-refractivity contribution is -0.134. The van der Waals surface area contributed by atoms with Crippen LogP contribution in [0.2, 0.25) is 0 Å². The van der Waals surface area contributed by atoms with E-state index in [1.54, 1.807) is 12.4 Å². The molecule has 2 aromatic carbocycles. The van der Waals surface area contributed by atoms with Gasteiger partial charge in [-0.15, -0.1) is 0 Å². The van der Waals surface area contributed by atoms with Crippen molar-refractivity contribution in [3.63, 3.8) is 0 Å². The molecule has 4 heterocycles. The van der Waals surface area contributed by atoms with Crippen molar-refractivity contribution in [2.75, 3.05) is 26.3 Å². The molecular formula is C42H48N4O4. The molecule has 0 radical (unpaired) electrons. The molecule has 0 unspecified atom stereocenters. The highest BCUT2D eigenvalue weighted by atomic mass is 16.5. The minimum Gasteiger partial charge on any atom is -0.371 e. The first-order valence-electron chi connectivity index (χ1n) is 18.4. The normalized spacial score (nSPS) is 19.8. The molecule has 4 fully saturated rings. The topological polar surface area (TPSA) is 84.9 Å². The van der Waals surface area contributed by atoms with Crippen LogP contribution in [0.4, 0.5) is 0 Å². The van der Waals surface area contributed by atoms with Crippen molar-refractivity contribution in [2.45, 2.75) is 75.7 Å². The van der Waals surface area contributed by atoms with E-state index in [4.69, 9.17) is 9.47 Å². The lowest BCUT2D eigenvalue weighted by Gasteiger charge is -2.34. The van der Waals surface area contributed by atoms with Gasteiger partial charge in [-0.1, -0.05) is 72.8 Å². The molecule has 8 rings (SSSR count). The van der Waals surface area contributed by atoms with Crippen LogP contribution in [0.1, 0.15) is 98.2 Å². The lowest BCUT2D eigenvalue weighted by atomic mass is 9.97. The monoisotopic (exact) mass is 672 g/mol. The average Bonchev–Trinajstić information content (AvgIpc) is 4.10. The van der Waals surface area contributed by atoms with Crippen LogP contribution in [-0.2, 0) is 19.1 Å². The van der Waals surface area contributed by atoms with E-state index in [0.717, 1.165) is 61.7 Å². The molecule has 2 saturated carbocycles. The fourth-order valence-corrected chi connectivity index (χ4v) is 7.06. The van der Waals surface area contributed by atoms with Crippen LogP contribution >= 0.6 is 0 Å². The van der Waals surface area contributed by atoms with Gasteiger partial charge in [-0.3, -0.25) is 19.6 Å². The first-order valence-corrected chi connectivity index (χ1v) is 18.4. The molecule has 50 heavy (non-hydrogen) atoms. The maximum atomic E-state index is 12.5. The van der Waals surface area contributed by atoms with E-state index >= 15 is 0 Å². The third kappa shape index (κ3) is 8.66. The third-order valence-corrected chi connectivity index (χ3v) is 10.1. The van der Waals surface area contributed by atoms with Crippen molar-refractivity contribution in [3.8, 4) is 0 Å². The summed E-state index contributed by atoms with van der Waals surface area (Å²) in [4.78, 5) is 38.1. The Morgan fingerprint density at radius 2 is 0.960 bits per heavy atom. The van der Waals surface area contributed by atoms with Crippen molar-refractivity contribution in [1.82, 2.24) is 19.8 Å². The second-order valence-corrected chi connectivity index (χ2v) is 14.0. The van der Waals surface area contributed by atoms with Gasteiger partial charge in [0, 0.05) is 38.3 Å². The highest BCUT2D eigenvalue weighted by Gasteiger charge is 2.39. The Hall–Kier alpha value is -4.40. The molecular weight excluding hydrogens is 624 g/mol. The number of nitrogens with zero attached hydrogens (tertiary/aromatic N) is 4. The van der Waals surface area contributed by atoms with Crippen LogP contribution < -0.4 is 0 Å². The van der Waals surface area contributed by atoms with Crippen molar-refractivity contribution in [2.24, 2.45) is 11.8 Å². The van der Waals surface area contributed by atoms with E-state index in [0.29, 0.717) is 24.7 Å². The minimum absolute atomic E-state index is 0.169. The Morgan fingerprint density at radius 3 is 1.28 bits per heavy atom. The van der Waals surface area contributed by atoms with Crippen LogP contribution in [-0.4, -0.2) is 57.9 Å². The molecule has 8 heteroatoms. The average molecular weight is 673 g/mol. The predicted octanol–water partition coefficient (Wildman–Crippen LogP) is 7.83. The number of ether oxygens (including phenoxy) is 2. The van der Waals surface area contributed by atoms with Crippen molar-refractivity contribution >= 4 is 11.8 Å². The summed E-state index contributed by atoms with van der Waals surface area (Å²) in [5, 5.41) is 0. The summed E-state index contributed by atoms with van der Waals surface area (Å²) in [6.07, 6.45) is 11.3. The Bertz CT molecular complexity index is 1530. The highest BCUT2D eigenvalue weighted by molar-refractivity contribution is 5.79. The molecule has 4 aliphatic rings. The van der Waals surface area contributed by atoms with E-state index in [1.165, 1.54) is 25.7 Å². The van der Waals surface area contributed by atoms with Gasteiger partial charge >= 0.3 is 0 Å². The molecule has 8 nitrogen and oxygen atoms in total. The second kappa shape index (κ2) is 16.5. The van der Waals surface area contributed by atoms with Gasteiger partial charge in [-0.2, -0.15) is 0 Å². The number of likely N-dealkylation sites (tertiary alicyclic amines) is 2. The zero-order valence-corrected chi connectivity index (χ0v) is 28.8. The summed E-state index contributed by atoms with van der Waals surface area (Å²) in [7, 11) is 0.